The molecular formula is C5H6N2O4. The van der Waals surface area contributed by atoms with Gasteiger partial charge in [0.05, 0.1) is 0 Å². The summed E-state index contributed by atoms with van der Waals surface area (Å²) < 4.78 is 0. The number of rotatable bonds is 2. The molecule has 11 heavy (non-hydrogen) atoms. The number of amides is 1. The number of nitrogens with two attached hydrogens (primary N) is 1. The van der Waals surface area contributed by atoms with Crippen LogP contribution in [0.4, 0.5) is 0 Å². The summed E-state index contributed by atoms with van der Waals surface area (Å²) in [6.07, 6.45) is 0. The Balaban J connectivity index is 2.59. The van der Waals surface area contributed by atoms with E-state index in [4.69, 9.17) is 10.8 Å². The monoisotopic (exact) mass is 158 g/mol. The van der Waals surface area contributed by atoms with E-state index in [1.807, 2.05) is 0 Å². The van der Waals surface area contributed by atoms with Crippen LogP contribution in [-0.2, 0) is 14.4 Å². The predicted octanol–water partition coefficient (Wildman–Crippen LogP) is -2.53. The number of carboxylic acid groups (broad SMARTS) is 1. The average Bonchev–Trinajstić information content (AvgIpc) is 1.98. The fourth-order valence-corrected chi connectivity index (χ4v) is 0.737. The number of carbonyl (C=O) groups excluding carboxylic acids is 2. The molecule has 0 radical (unpaired) electrons. The van der Waals surface area contributed by atoms with Crippen molar-refractivity contribution in [2.75, 3.05) is 0 Å². The van der Waals surface area contributed by atoms with Gasteiger partial charge in [0.25, 0.3) is 5.91 Å². The largest absolute Gasteiger partial charge is 0.480 e. The molecule has 1 aliphatic heterocycles. The number of ketones is 1. The number of hydrogen-bond donors (Lipinski definition) is 3. The van der Waals surface area contributed by atoms with E-state index in [-0.39, 0.29) is 0 Å². The molecule has 0 aromatic carbocycles. The van der Waals surface area contributed by atoms with Crippen molar-refractivity contribution >= 4 is 17.7 Å². The number of nitrogens with one attached hydrogen (secondary N) is 1. The van der Waals surface area contributed by atoms with Crippen molar-refractivity contribution < 1.29 is 19.5 Å². The molecule has 0 unspecified atom stereocenters. The second-order valence-electron chi connectivity index (χ2n) is 2.18. The third kappa shape index (κ3) is 1.07. The maximum Gasteiger partial charge on any atom is 0.323 e. The topological polar surface area (TPSA) is 109 Å². The molecule has 6 heteroatoms. The van der Waals surface area contributed by atoms with E-state index in [9.17, 15) is 14.4 Å². The molecule has 2 atom stereocenters. The Kier molecular flexibility index (Phi) is 1.61. The summed E-state index contributed by atoms with van der Waals surface area (Å²) in [4.78, 5) is 31.0. The molecule has 0 aromatic heterocycles. The van der Waals surface area contributed by atoms with Crippen molar-refractivity contribution in [3.63, 3.8) is 0 Å². The van der Waals surface area contributed by atoms with Gasteiger partial charge < -0.3 is 16.2 Å². The first kappa shape index (κ1) is 7.67. The van der Waals surface area contributed by atoms with Gasteiger partial charge in [0.2, 0.25) is 5.78 Å². The second kappa shape index (κ2) is 2.31. The summed E-state index contributed by atoms with van der Waals surface area (Å²) in [6, 6.07) is -2.37. The lowest BCUT2D eigenvalue weighted by molar-refractivity contribution is -0.151. The van der Waals surface area contributed by atoms with Crippen molar-refractivity contribution in [3.05, 3.63) is 0 Å². The summed E-state index contributed by atoms with van der Waals surface area (Å²) in [5.41, 5.74) is 5.04. The first-order chi connectivity index (χ1) is 5.04. The standard InChI is InChI=1S/C5H6N2O4/c6-1(5(10)11)2-3(8)4(9)7-2/h1-2H,6H2,(H,7,9)(H,10,11)/t1-,2+/m0/s1. The van der Waals surface area contributed by atoms with Crippen LogP contribution in [-0.4, -0.2) is 34.8 Å². The molecule has 1 rings (SSSR count). The van der Waals surface area contributed by atoms with E-state index in [2.05, 4.69) is 5.32 Å². The summed E-state index contributed by atoms with van der Waals surface area (Å²) in [7, 11) is 0. The van der Waals surface area contributed by atoms with E-state index < -0.39 is 29.7 Å². The van der Waals surface area contributed by atoms with Crippen LogP contribution >= 0.6 is 0 Å². The Bertz CT molecular complexity index is 237. The first-order valence-corrected chi connectivity index (χ1v) is 2.87. The van der Waals surface area contributed by atoms with Crippen LogP contribution in [0.25, 0.3) is 0 Å². The van der Waals surface area contributed by atoms with E-state index in [0.29, 0.717) is 0 Å². The van der Waals surface area contributed by atoms with E-state index in [0.717, 1.165) is 0 Å². The maximum atomic E-state index is 10.6. The highest BCUT2D eigenvalue weighted by Crippen LogP contribution is 2.02. The Morgan fingerprint density at radius 3 is 2.45 bits per heavy atom. The molecule has 0 aliphatic carbocycles. The van der Waals surface area contributed by atoms with Gasteiger partial charge in [0, 0.05) is 0 Å². The summed E-state index contributed by atoms with van der Waals surface area (Å²) >= 11 is 0. The normalized spacial score (nSPS) is 25.4. The number of hydrogen-bond acceptors (Lipinski definition) is 4. The summed E-state index contributed by atoms with van der Waals surface area (Å²) in [5, 5.41) is 10.4. The van der Waals surface area contributed by atoms with Crippen molar-refractivity contribution in [2.45, 2.75) is 12.1 Å². The molecule has 0 spiro atoms. The van der Waals surface area contributed by atoms with Crippen LogP contribution in [0.5, 0.6) is 0 Å². The molecule has 0 aromatic rings. The third-order valence-corrected chi connectivity index (χ3v) is 1.44. The minimum atomic E-state index is -1.33. The van der Waals surface area contributed by atoms with Crippen LogP contribution in [0, 0.1) is 0 Å². The second-order valence-corrected chi connectivity index (χ2v) is 2.18. The van der Waals surface area contributed by atoms with Crippen LogP contribution in [0.3, 0.4) is 0 Å². The maximum absolute atomic E-state index is 10.6. The number of Topliss-reactive ketones (excluding diaryl/α,β-unsaturated/α-hetero) is 1. The highest BCUT2D eigenvalue weighted by atomic mass is 16.4. The Hall–Kier alpha value is -1.43. The lowest BCUT2D eigenvalue weighted by atomic mass is 9.97. The SMILES string of the molecule is N[C@H](C(=O)O)[C@H]1NC(=O)C1=O. The zero-order valence-corrected chi connectivity index (χ0v) is 5.40. The number of aliphatic carboxylic acids is 1. The number of carboxylic acids is 1. The van der Waals surface area contributed by atoms with Crippen molar-refractivity contribution in [1.29, 1.82) is 0 Å². The first-order valence-electron chi connectivity index (χ1n) is 2.87. The van der Waals surface area contributed by atoms with Crippen LogP contribution in [0.2, 0.25) is 0 Å². The zero-order valence-electron chi connectivity index (χ0n) is 5.40. The van der Waals surface area contributed by atoms with E-state index in [1.165, 1.54) is 0 Å². The summed E-state index contributed by atoms with van der Waals surface area (Å²) in [5.74, 6) is -2.84. The molecule has 1 heterocycles. The number of β-lactam (4-membered cyclic amide) rings is 1. The van der Waals surface area contributed by atoms with Crippen molar-refractivity contribution in [1.82, 2.24) is 5.32 Å². The van der Waals surface area contributed by atoms with E-state index >= 15 is 0 Å². The molecule has 1 aliphatic rings. The van der Waals surface area contributed by atoms with Crippen LogP contribution < -0.4 is 11.1 Å². The van der Waals surface area contributed by atoms with Gasteiger partial charge in [-0.3, -0.25) is 14.4 Å². The van der Waals surface area contributed by atoms with Gasteiger partial charge in [0.15, 0.2) is 0 Å². The fourth-order valence-electron chi connectivity index (χ4n) is 0.737. The van der Waals surface area contributed by atoms with Crippen LogP contribution in [0.15, 0.2) is 0 Å². The fraction of sp³-hybridized carbons (Fsp3) is 0.400. The molecule has 0 bridgehead atoms. The zero-order chi connectivity index (χ0) is 8.59. The minimum Gasteiger partial charge on any atom is -0.480 e. The van der Waals surface area contributed by atoms with Gasteiger partial charge >= 0.3 is 5.97 Å². The molecule has 1 saturated heterocycles. The summed E-state index contributed by atoms with van der Waals surface area (Å²) in [6.45, 7) is 0. The molecule has 4 N–H and O–H groups in total. The van der Waals surface area contributed by atoms with Gasteiger partial charge in [-0.15, -0.1) is 0 Å². The molecule has 1 amide bonds. The Morgan fingerprint density at radius 1 is 1.64 bits per heavy atom. The van der Waals surface area contributed by atoms with Crippen molar-refractivity contribution in [2.24, 2.45) is 5.73 Å². The van der Waals surface area contributed by atoms with Gasteiger partial charge in [-0.2, -0.15) is 0 Å². The molecule has 1 fully saturated rings. The van der Waals surface area contributed by atoms with Crippen LogP contribution in [0.1, 0.15) is 0 Å². The smallest absolute Gasteiger partial charge is 0.323 e. The minimum absolute atomic E-state index is 0.764. The van der Waals surface area contributed by atoms with Gasteiger partial charge in [-0.05, 0) is 0 Å². The third-order valence-electron chi connectivity index (χ3n) is 1.44. The predicted molar refractivity (Wildman–Crippen MR) is 32.5 cm³/mol. The highest BCUT2D eigenvalue weighted by Gasteiger charge is 2.43. The molecule has 60 valence electrons. The quantitative estimate of drug-likeness (QED) is 0.303. The lowest BCUT2D eigenvalue weighted by Crippen LogP contribution is -2.68. The highest BCUT2D eigenvalue weighted by molar-refractivity contribution is 6.45. The molecular weight excluding hydrogens is 152 g/mol. The number of carbonyl (C=O) groups is 3. The molecule has 6 nitrogen and oxygen atoms in total. The Morgan fingerprint density at radius 2 is 2.18 bits per heavy atom. The Labute approximate surface area is 61.4 Å². The van der Waals surface area contributed by atoms with E-state index in [1.54, 1.807) is 0 Å². The molecule has 0 saturated carbocycles. The van der Waals surface area contributed by atoms with Gasteiger partial charge in [-0.25, -0.2) is 0 Å². The van der Waals surface area contributed by atoms with Gasteiger partial charge in [0.1, 0.15) is 12.1 Å². The lowest BCUT2D eigenvalue weighted by Gasteiger charge is -2.27. The average molecular weight is 158 g/mol. The van der Waals surface area contributed by atoms with Gasteiger partial charge in [-0.1, -0.05) is 0 Å². The van der Waals surface area contributed by atoms with Crippen molar-refractivity contribution in [3.8, 4) is 0 Å².